The summed E-state index contributed by atoms with van der Waals surface area (Å²) in [6, 6.07) is 8.99. The Morgan fingerprint density at radius 2 is 2.15 bits per heavy atom. The normalized spacial score (nSPS) is 13.5. The summed E-state index contributed by atoms with van der Waals surface area (Å²) in [7, 11) is 0. The van der Waals surface area contributed by atoms with Crippen molar-refractivity contribution in [2.75, 3.05) is 18.1 Å². The quantitative estimate of drug-likeness (QED) is 0.805. The minimum Gasteiger partial charge on any atom is -0.490 e. The first-order chi connectivity index (χ1) is 9.75. The van der Waals surface area contributed by atoms with Crippen molar-refractivity contribution in [1.82, 2.24) is 9.55 Å². The van der Waals surface area contributed by atoms with E-state index in [1.165, 1.54) is 10.8 Å². The second-order valence-corrected chi connectivity index (χ2v) is 4.39. The molecule has 3 rings (SSSR count). The molecule has 0 bridgehead atoms. The van der Waals surface area contributed by atoms with Gasteiger partial charge in [0.15, 0.2) is 0 Å². The number of amides is 1. The van der Waals surface area contributed by atoms with E-state index in [2.05, 4.69) is 4.98 Å². The van der Waals surface area contributed by atoms with E-state index in [1.807, 2.05) is 24.3 Å². The summed E-state index contributed by atoms with van der Waals surface area (Å²) in [4.78, 5) is 29.2. The summed E-state index contributed by atoms with van der Waals surface area (Å²) in [6.45, 7) is 0.899. The third-order valence-electron chi connectivity index (χ3n) is 3.12. The van der Waals surface area contributed by atoms with Crippen LogP contribution in [-0.4, -0.2) is 28.6 Å². The summed E-state index contributed by atoms with van der Waals surface area (Å²) in [5, 5.41) is 0. The average Bonchev–Trinajstić information content (AvgIpc) is 2.49. The monoisotopic (exact) mass is 271 g/mol. The zero-order valence-corrected chi connectivity index (χ0v) is 10.7. The van der Waals surface area contributed by atoms with Gasteiger partial charge in [-0.1, -0.05) is 12.1 Å². The predicted octanol–water partition coefficient (Wildman–Crippen LogP) is 0.669. The maximum absolute atomic E-state index is 12.4. The topological polar surface area (TPSA) is 64.4 Å². The number of rotatable bonds is 2. The Balaban J connectivity index is 1.86. The first-order valence-electron chi connectivity index (χ1n) is 6.29. The number of para-hydroxylation sites is 2. The molecule has 2 heterocycles. The van der Waals surface area contributed by atoms with Crippen molar-refractivity contribution in [2.45, 2.75) is 6.54 Å². The van der Waals surface area contributed by atoms with Crippen LogP contribution in [0, 0.1) is 0 Å². The van der Waals surface area contributed by atoms with Gasteiger partial charge in [-0.3, -0.25) is 9.36 Å². The number of nitrogens with zero attached hydrogens (tertiary/aromatic N) is 3. The van der Waals surface area contributed by atoms with E-state index < -0.39 is 5.69 Å². The molecule has 6 nitrogen and oxygen atoms in total. The van der Waals surface area contributed by atoms with E-state index in [9.17, 15) is 9.59 Å². The van der Waals surface area contributed by atoms with E-state index in [4.69, 9.17) is 4.74 Å². The standard InChI is InChI=1S/C14H13N3O3/c18-13(10-16-7-3-6-15-14(16)19)17-8-9-20-12-5-2-1-4-11(12)17/h1-7H,8-10H2. The van der Waals surface area contributed by atoms with Gasteiger partial charge in [0, 0.05) is 12.4 Å². The minimum absolute atomic E-state index is 0.0268. The van der Waals surface area contributed by atoms with Crippen LogP contribution >= 0.6 is 0 Å². The van der Waals surface area contributed by atoms with E-state index in [0.717, 1.165) is 5.69 Å². The predicted molar refractivity (Wildman–Crippen MR) is 72.8 cm³/mol. The molecule has 1 aliphatic heterocycles. The average molecular weight is 271 g/mol. The van der Waals surface area contributed by atoms with Crippen molar-refractivity contribution >= 4 is 11.6 Å². The third kappa shape index (κ3) is 2.27. The van der Waals surface area contributed by atoms with Gasteiger partial charge in [0.2, 0.25) is 5.91 Å². The molecule has 0 spiro atoms. The fourth-order valence-electron chi connectivity index (χ4n) is 2.17. The van der Waals surface area contributed by atoms with Crippen LogP contribution < -0.4 is 15.3 Å². The Labute approximate surface area is 115 Å². The highest BCUT2D eigenvalue weighted by Crippen LogP contribution is 2.30. The van der Waals surface area contributed by atoms with Crippen molar-refractivity contribution < 1.29 is 9.53 Å². The molecular formula is C14H13N3O3. The molecule has 1 aromatic carbocycles. The maximum atomic E-state index is 12.4. The van der Waals surface area contributed by atoms with Crippen LogP contribution in [0.3, 0.4) is 0 Å². The molecule has 0 radical (unpaired) electrons. The fourth-order valence-corrected chi connectivity index (χ4v) is 2.17. The van der Waals surface area contributed by atoms with Gasteiger partial charge in [0.25, 0.3) is 0 Å². The number of aromatic nitrogens is 2. The number of anilines is 1. The summed E-state index contributed by atoms with van der Waals surface area (Å²) < 4.78 is 6.80. The molecule has 0 saturated heterocycles. The Bertz CT molecular complexity index is 696. The summed E-state index contributed by atoms with van der Waals surface area (Å²) in [6.07, 6.45) is 2.97. The first-order valence-corrected chi connectivity index (χ1v) is 6.29. The Morgan fingerprint density at radius 1 is 1.30 bits per heavy atom. The Hall–Kier alpha value is -2.63. The maximum Gasteiger partial charge on any atom is 0.347 e. The lowest BCUT2D eigenvalue weighted by atomic mass is 10.2. The fraction of sp³-hybridized carbons (Fsp3) is 0.214. The summed E-state index contributed by atoms with van der Waals surface area (Å²) >= 11 is 0. The smallest absolute Gasteiger partial charge is 0.347 e. The van der Waals surface area contributed by atoms with Gasteiger partial charge in [-0.05, 0) is 18.2 Å². The largest absolute Gasteiger partial charge is 0.490 e. The van der Waals surface area contributed by atoms with Crippen LogP contribution in [0.25, 0.3) is 0 Å². The Kier molecular flexibility index (Phi) is 3.20. The number of hydrogen-bond acceptors (Lipinski definition) is 4. The van der Waals surface area contributed by atoms with Crippen molar-refractivity contribution in [3.8, 4) is 5.75 Å². The number of fused-ring (bicyclic) bond motifs is 1. The Morgan fingerprint density at radius 3 is 3.00 bits per heavy atom. The molecular weight excluding hydrogens is 258 g/mol. The van der Waals surface area contributed by atoms with Gasteiger partial charge in [-0.2, -0.15) is 0 Å². The van der Waals surface area contributed by atoms with Crippen LogP contribution in [0.4, 0.5) is 5.69 Å². The van der Waals surface area contributed by atoms with Gasteiger partial charge in [0.1, 0.15) is 18.9 Å². The highest BCUT2D eigenvalue weighted by atomic mass is 16.5. The molecule has 0 atom stereocenters. The van der Waals surface area contributed by atoms with Gasteiger partial charge < -0.3 is 9.64 Å². The highest BCUT2D eigenvalue weighted by molar-refractivity contribution is 5.95. The van der Waals surface area contributed by atoms with Crippen molar-refractivity contribution in [3.63, 3.8) is 0 Å². The van der Waals surface area contributed by atoms with Gasteiger partial charge >= 0.3 is 5.69 Å². The highest BCUT2D eigenvalue weighted by Gasteiger charge is 2.23. The third-order valence-corrected chi connectivity index (χ3v) is 3.12. The molecule has 0 unspecified atom stereocenters. The molecule has 0 saturated carbocycles. The number of carbonyl (C=O) groups excluding carboxylic acids is 1. The first kappa shape index (κ1) is 12.4. The molecule has 1 amide bonds. The lowest BCUT2D eigenvalue weighted by Gasteiger charge is -2.29. The second kappa shape index (κ2) is 5.16. The van der Waals surface area contributed by atoms with Crippen LogP contribution in [0.1, 0.15) is 0 Å². The van der Waals surface area contributed by atoms with Gasteiger partial charge in [-0.25, -0.2) is 9.78 Å². The van der Waals surface area contributed by atoms with Crippen molar-refractivity contribution in [1.29, 1.82) is 0 Å². The number of ether oxygens (including phenoxy) is 1. The lowest BCUT2D eigenvalue weighted by molar-refractivity contribution is -0.119. The summed E-state index contributed by atoms with van der Waals surface area (Å²) in [5.74, 6) is 0.529. The molecule has 102 valence electrons. The molecule has 20 heavy (non-hydrogen) atoms. The molecule has 1 aromatic heterocycles. The van der Waals surface area contributed by atoms with Crippen molar-refractivity contribution in [2.24, 2.45) is 0 Å². The molecule has 0 N–H and O–H groups in total. The number of hydrogen-bond donors (Lipinski definition) is 0. The minimum atomic E-state index is -0.428. The van der Waals surface area contributed by atoms with E-state index >= 15 is 0 Å². The van der Waals surface area contributed by atoms with E-state index in [0.29, 0.717) is 18.9 Å². The van der Waals surface area contributed by atoms with Crippen molar-refractivity contribution in [3.05, 3.63) is 53.2 Å². The number of benzene rings is 1. The van der Waals surface area contributed by atoms with E-state index in [1.54, 1.807) is 17.2 Å². The van der Waals surface area contributed by atoms with E-state index in [-0.39, 0.29) is 12.5 Å². The summed E-state index contributed by atoms with van der Waals surface area (Å²) in [5.41, 5.74) is 0.308. The SMILES string of the molecule is O=C(Cn1cccnc1=O)N1CCOc2ccccc21. The van der Waals surface area contributed by atoms with Crippen LogP contribution in [0.2, 0.25) is 0 Å². The molecule has 0 fully saturated rings. The number of carbonyl (C=O) groups is 1. The molecule has 1 aliphatic rings. The molecule has 0 aliphatic carbocycles. The lowest BCUT2D eigenvalue weighted by Crippen LogP contribution is -2.41. The van der Waals surface area contributed by atoms with Crippen LogP contribution in [0.5, 0.6) is 5.75 Å². The van der Waals surface area contributed by atoms with Gasteiger partial charge in [0.05, 0.1) is 12.2 Å². The zero-order valence-electron chi connectivity index (χ0n) is 10.7. The van der Waals surface area contributed by atoms with Crippen LogP contribution in [0.15, 0.2) is 47.5 Å². The zero-order chi connectivity index (χ0) is 13.9. The van der Waals surface area contributed by atoms with Gasteiger partial charge in [-0.15, -0.1) is 0 Å². The van der Waals surface area contributed by atoms with Crippen LogP contribution in [-0.2, 0) is 11.3 Å². The molecule has 2 aromatic rings. The molecule has 6 heteroatoms. The second-order valence-electron chi connectivity index (χ2n) is 4.39.